The van der Waals surface area contributed by atoms with Crippen LogP contribution in [0.4, 0.5) is 0 Å². The van der Waals surface area contributed by atoms with E-state index in [1.54, 1.807) is 12.4 Å². The molecule has 0 atom stereocenters. The van der Waals surface area contributed by atoms with Crippen LogP contribution in [0.25, 0.3) is 0 Å². The Hall–Kier alpha value is -1.35. The fourth-order valence-electron chi connectivity index (χ4n) is 1.51. The molecule has 0 amide bonds. The third-order valence-corrected chi connectivity index (χ3v) is 3.08. The molecule has 2 rings (SSSR count). The van der Waals surface area contributed by atoms with E-state index in [9.17, 15) is 0 Å². The standard InChI is InChI=1S/C14H14BrNO/c1-10(2)11-4-3-5-12(8-11)17-14-6-7-16-9-13(14)15/h3-10H,1-2H3. The maximum atomic E-state index is 5.81. The van der Waals surface area contributed by atoms with E-state index in [2.05, 4.69) is 46.9 Å². The first-order valence-electron chi connectivity index (χ1n) is 5.54. The summed E-state index contributed by atoms with van der Waals surface area (Å²) in [5.41, 5.74) is 1.27. The van der Waals surface area contributed by atoms with Crippen LogP contribution in [-0.2, 0) is 0 Å². The Labute approximate surface area is 110 Å². The van der Waals surface area contributed by atoms with Gasteiger partial charge in [0.1, 0.15) is 11.5 Å². The van der Waals surface area contributed by atoms with E-state index in [1.165, 1.54) is 5.56 Å². The Morgan fingerprint density at radius 2 is 2.06 bits per heavy atom. The molecule has 1 aromatic carbocycles. The highest BCUT2D eigenvalue weighted by Gasteiger charge is 2.04. The molecule has 0 aliphatic heterocycles. The van der Waals surface area contributed by atoms with Crippen LogP contribution in [0.3, 0.4) is 0 Å². The maximum Gasteiger partial charge on any atom is 0.144 e. The van der Waals surface area contributed by atoms with E-state index in [4.69, 9.17) is 4.74 Å². The zero-order valence-corrected chi connectivity index (χ0v) is 11.4. The van der Waals surface area contributed by atoms with Gasteiger partial charge in [-0.1, -0.05) is 26.0 Å². The molecular formula is C14H14BrNO. The molecule has 0 saturated carbocycles. The minimum atomic E-state index is 0.499. The Morgan fingerprint density at radius 1 is 1.24 bits per heavy atom. The van der Waals surface area contributed by atoms with Crippen LogP contribution >= 0.6 is 15.9 Å². The third kappa shape index (κ3) is 3.07. The molecule has 0 unspecified atom stereocenters. The predicted octanol–water partition coefficient (Wildman–Crippen LogP) is 4.76. The second kappa shape index (κ2) is 5.32. The lowest BCUT2D eigenvalue weighted by molar-refractivity contribution is 0.477. The van der Waals surface area contributed by atoms with Crippen molar-refractivity contribution in [1.82, 2.24) is 4.98 Å². The molecule has 17 heavy (non-hydrogen) atoms. The summed E-state index contributed by atoms with van der Waals surface area (Å²) in [5.74, 6) is 2.13. The van der Waals surface area contributed by atoms with Gasteiger partial charge in [0.15, 0.2) is 0 Å². The first-order valence-corrected chi connectivity index (χ1v) is 6.33. The molecule has 0 spiro atoms. The van der Waals surface area contributed by atoms with Gasteiger partial charge in [-0.25, -0.2) is 0 Å². The highest BCUT2D eigenvalue weighted by Crippen LogP contribution is 2.29. The van der Waals surface area contributed by atoms with E-state index < -0.39 is 0 Å². The lowest BCUT2D eigenvalue weighted by Crippen LogP contribution is -1.90. The van der Waals surface area contributed by atoms with E-state index in [1.807, 2.05) is 18.2 Å². The molecule has 0 aliphatic carbocycles. The Bertz CT molecular complexity index is 511. The monoisotopic (exact) mass is 291 g/mol. The zero-order valence-electron chi connectivity index (χ0n) is 9.85. The van der Waals surface area contributed by atoms with Gasteiger partial charge >= 0.3 is 0 Å². The summed E-state index contributed by atoms with van der Waals surface area (Å²) >= 11 is 3.41. The van der Waals surface area contributed by atoms with E-state index >= 15 is 0 Å². The number of aromatic nitrogens is 1. The first kappa shape index (κ1) is 12.1. The van der Waals surface area contributed by atoms with E-state index in [0.29, 0.717) is 5.92 Å². The maximum absolute atomic E-state index is 5.81. The number of hydrogen-bond acceptors (Lipinski definition) is 2. The summed E-state index contributed by atoms with van der Waals surface area (Å²) in [7, 11) is 0. The molecule has 2 nitrogen and oxygen atoms in total. The highest BCUT2D eigenvalue weighted by atomic mass is 79.9. The predicted molar refractivity (Wildman–Crippen MR) is 72.5 cm³/mol. The van der Waals surface area contributed by atoms with Crippen molar-refractivity contribution in [2.75, 3.05) is 0 Å². The van der Waals surface area contributed by atoms with Crippen LogP contribution in [0, 0.1) is 0 Å². The topological polar surface area (TPSA) is 22.1 Å². The molecule has 3 heteroatoms. The Balaban J connectivity index is 2.25. The number of pyridine rings is 1. The van der Waals surface area contributed by atoms with Gasteiger partial charge in [0.25, 0.3) is 0 Å². The first-order chi connectivity index (χ1) is 8.16. The quantitative estimate of drug-likeness (QED) is 0.813. The summed E-state index contributed by atoms with van der Waals surface area (Å²) in [6.07, 6.45) is 3.44. The number of rotatable bonds is 3. The molecule has 1 aromatic heterocycles. The van der Waals surface area contributed by atoms with Crippen LogP contribution in [0.15, 0.2) is 47.2 Å². The number of halogens is 1. The van der Waals surface area contributed by atoms with Gasteiger partial charge in [0, 0.05) is 18.5 Å². The third-order valence-electron chi connectivity index (χ3n) is 2.49. The number of benzene rings is 1. The molecule has 0 N–H and O–H groups in total. The van der Waals surface area contributed by atoms with Crippen molar-refractivity contribution >= 4 is 15.9 Å². The van der Waals surface area contributed by atoms with E-state index in [0.717, 1.165) is 16.0 Å². The smallest absolute Gasteiger partial charge is 0.144 e. The van der Waals surface area contributed by atoms with Crippen molar-refractivity contribution in [2.45, 2.75) is 19.8 Å². The Kier molecular flexibility index (Phi) is 3.79. The van der Waals surface area contributed by atoms with Gasteiger partial charge in [0.2, 0.25) is 0 Å². The van der Waals surface area contributed by atoms with Crippen molar-refractivity contribution in [2.24, 2.45) is 0 Å². The fourth-order valence-corrected chi connectivity index (χ4v) is 1.84. The number of nitrogens with zero attached hydrogens (tertiary/aromatic N) is 1. The van der Waals surface area contributed by atoms with Crippen molar-refractivity contribution in [3.63, 3.8) is 0 Å². The number of ether oxygens (including phenoxy) is 1. The molecule has 0 bridgehead atoms. The van der Waals surface area contributed by atoms with Gasteiger partial charge in [-0.15, -0.1) is 0 Å². The molecule has 0 saturated heterocycles. The number of hydrogen-bond donors (Lipinski definition) is 0. The molecule has 2 aromatic rings. The average molecular weight is 292 g/mol. The van der Waals surface area contributed by atoms with Crippen LogP contribution in [0.1, 0.15) is 25.3 Å². The fraction of sp³-hybridized carbons (Fsp3) is 0.214. The van der Waals surface area contributed by atoms with Crippen molar-refractivity contribution in [1.29, 1.82) is 0 Å². The zero-order chi connectivity index (χ0) is 12.3. The summed E-state index contributed by atoms with van der Waals surface area (Å²) in [5, 5.41) is 0. The molecule has 0 fully saturated rings. The van der Waals surface area contributed by atoms with Gasteiger partial charge in [-0.05, 0) is 39.5 Å². The Morgan fingerprint density at radius 3 is 2.76 bits per heavy atom. The van der Waals surface area contributed by atoms with E-state index in [-0.39, 0.29) is 0 Å². The molecule has 0 aliphatic rings. The van der Waals surface area contributed by atoms with Crippen molar-refractivity contribution in [3.8, 4) is 11.5 Å². The summed E-state index contributed by atoms with van der Waals surface area (Å²) < 4.78 is 6.67. The second-order valence-electron chi connectivity index (χ2n) is 4.14. The summed E-state index contributed by atoms with van der Waals surface area (Å²) in [4.78, 5) is 4.01. The van der Waals surface area contributed by atoms with Crippen LogP contribution in [0.5, 0.6) is 11.5 Å². The van der Waals surface area contributed by atoms with Crippen LogP contribution in [0.2, 0.25) is 0 Å². The summed E-state index contributed by atoms with van der Waals surface area (Å²) in [6.45, 7) is 4.34. The van der Waals surface area contributed by atoms with Crippen molar-refractivity contribution in [3.05, 3.63) is 52.8 Å². The molecule has 1 heterocycles. The highest BCUT2D eigenvalue weighted by molar-refractivity contribution is 9.10. The summed E-state index contributed by atoms with van der Waals surface area (Å²) in [6, 6.07) is 9.99. The molecular weight excluding hydrogens is 278 g/mol. The SMILES string of the molecule is CC(C)c1cccc(Oc2ccncc2Br)c1. The lowest BCUT2D eigenvalue weighted by atomic mass is 10.0. The van der Waals surface area contributed by atoms with Crippen molar-refractivity contribution < 1.29 is 4.74 Å². The minimum Gasteiger partial charge on any atom is -0.456 e. The van der Waals surface area contributed by atoms with Crippen LogP contribution in [-0.4, -0.2) is 4.98 Å². The largest absolute Gasteiger partial charge is 0.456 e. The molecule has 88 valence electrons. The molecule has 0 radical (unpaired) electrons. The minimum absolute atomic E-state index is 0.499. The van der Waals surface area contributed by atoms with Crippen LogP contribution < -0.4 is 4.74 Å². The normalized spacial score (nSPS) is 10.6. The van der Waals surface area contributed by atoms with Gasteiger partial charge < -0.3 is 4.74 Å². The second-order valence-corrected chi connectivity index (χ2v) is 4.99. The van der Waals surface area contributed by atoms with Gasteiger partial charge in [-0.3, -0.25) is 4.98 Å². The van der Waals surface area contributed by atoms with Gasteiger partial charge in [0.05, 0.1) is 4.47 Å². The average Bonchev–Trinajstić information content (AvgIpc) is 2.32. The lowest BCUT2D eigenvalue weighted by Gasteiger charge is -2.10. The van der Waals surface area contributed by atoms with Gasteiger partial charge in [-0.2, -0.15) is 0 Å².